The molecule has 2 aromatic rings. The van der Waals surface area contributed by atoms with Crippen LogP contribution in [-0.2, 0) is 22.4 Å². The molecule has 1 amide bonds. The summed E-state index contributed by atoms with van der Waals surface area (Å²) in [6.45, 7) is 0. The lowest BCUT2D eigenvalue weighted by molar-refractivity contribution is -0.138. The summed E-state index contributed by atoms with van der Waals surface area (Å²) in [5, 5.41) is 8.52. The molecular weight excluding hydrogens is 280 g/mol. The molecule has 0 radical (unpaired) electrons. The Kier molecular flexibility index (Phi) is 7.36. The summed E-state index contributed by atoms with van der Waals surface area (Å²) < 4.78 is 0. The fraction of sp³-hybridized carbons (Fsp3) is 0.176. The molecule has 0 saturated heterocycles. The van der Waals surface area contributed by atoms with Crippen molar-refractivity contribution in [1.82, 2.24) is 0 Å². The molecule has 2 aromatic carbocycles. The highest BCUT2D eigenvalue weighted by Gasteiger charge is 2.10. The van der Waals surface area contributed by atoms with Crippen LogP contribution < -0.4 is 11.5 Å². The standard InChI is InChI=1S/C9H11NO2.C8H9NO/c10-8(9(11)12)6-7-4-2-1-3-5-7;9-8(10)6-7-4-2-1-3-5-7/h1-5,8H,6,10H2,(H,11,12);1-5H,6H2,(H2,9,10). The van der Waals surface area contributed by atoms with Gasteiger partial charge in [-0.2, -0.15) is 0 Å². The predicted molar refractivity (Wildman–Crippen MR) is 85.1 cm³/mol. The molecule has 5 N–H and O–H groups in total. The van der Waals surface area contributed by atoms with Crippen molar-refractivity contribution in [3.8, 4) is 0 Å². The molecule has 5 heteroatoms. The minimum Gasteiger partial charge on any atom is -0.480 e. The van der Waals surface area contributed by atoms with E-state index in [1.807, 2.05) is 60.7 Å². The Morgan fingerprint density at radius 1 is 0.909 bits per heavy atom. The molecule has 0 fully saturated rings. The Hall–Kier alpha value is -2.66. The smallest absolute Gasteiger partial charge is 0.320 e. The molecular formula is C17H20N2O3. The molecule has 1 atom stereocenters. The number of nitrogens with two attached hydrogens (primary N) is 2. The lowest BCUT2D eigenvalue weighted by Gasteiger charge is -2.04. The number of hydrogen-bond acceptors (Lipinski definition) is 3. The topological polar surface area (TPSA) is 106 Å². The number of carboxylic acids is 1. The summed E-state index contributed by atoms with van der Waals surface area (Å²) in [5.74, 6) is -1.25. The Morgan fingerprint density at radius 3 is 1.77 bits per heavy atom. The van der Waals surface area contributed by atoms with Crippen LogP contribution in [0.1, 0.15) is 11.1 Å². The monoisotopic (exact) mass is 300 g/mol. The average Bonchev–Trinajstić information content (AvgIpc) is 2.49. The minimum absolute atomic E-state index is 0.286. The second-order valence-corrected chi connectivity index (χ2v) is 4.76. The second kappa shape index (κ2) is 9.31. The largest absolute Gasteiger partial charge is 0.480 e. The third-order valence-corrected chi connectivity index (χ3v) is 2.84. The molecule has 22 heavy (non-hydrogen) atoms. The maximum atomic E-state index is 10.4. The first-order valence-corrected chi connectivity index (χ1v) is 6.83. The van der Waals surface area contributed by atoms with Crippen LogP contribution in [0.4, 0.5) is 0 Å². The number of rotatable bonds is 5. The maximum Gasteiger partial charge on any atom is 0.320 e. The summed E-state index contributed by atoms with van der Waals surface area (Å²) >= 11 is 0. The number of amides is 1. The van der Waals surface area contributed by atoms with Crippen LogP contribution in [0.5, 0.6) is 0 Å². The Labute approximate surface area is 129 Å². The number of hydrogen-bond donors (Lipinski definition) is 3. The Morgan fingerprint density at radius 2 is 1.36 bits per heavy atom. The number of carbonyl (C=O) groups excluding carboxylic acids is 1. The van der Waals surface area contributed by atoms with Gasteiger partial charge in [-0.25, -0.2) is 0 Å². The Bertz CT molecular complexity index is 585. The number of primary amides is 1. The normalized spacial score (nSPS) is 11.0. The van der Waals surface area contributed by atoms with E-state index in [0.29, 0.717) is 12.8 Å². The number of carbonyl (C=O) groups is 2. The van der Waals surface area contributed by atoms with Gasteiger partial charge in [-0.3, -0.25) is 9.59 Å². The fourth-order valence-electron chi connectivity index (χ4n) is 1.75. The highest BCUT2D eigenvalue weighted by molar-refractivity contribution is 5.76. The minimum atomic E-state index is -0.959. The van der Waals surface area contributed by atoms with E-state index in [-0.39, 0.29) is 5.91 Å². The fourth-order valence-corrected chi connectivity index (χ4v) is 1.75. The number of aliphatic carboxylic acids is 1. The highest BCUT2D eigenvalue weighted by Crippen LogP contribution is 2.01. The van der Waals surface area contributed by atoms with Crippen LogP contribution in [-0.4, -0.2) is 23.0 Å². The van der Waals surface area contributed by atoms with Gasteiger partial charge in [0.15, 0.2) is 0 Å². The van der Waals surface area contributed by atoms with Gasteiger partial charge in [0.1, 0.15) is 6.04 Å². The van der Waals surface area contributed by atoms with Gasteiger partial charge in [-0.1, -0.05) is 60.7 Å². The molecule has 5 nitrogen and oxygen atoms in total. The number of benzene rings is 2. The molecule has 116 valence electrons. The first-order chi connectivity index (χ1) is 10.5. The van der Waals surface area contributed by atoms with E-state index in [0.717, 1.165) is 11.1 Å². The van der Waals surface area contributed by atoms with E-state index in [1.54, 1.807) is 0 Å². The van der Waals surface area contributed by atoms with Crippen molar-refractivity contribution >= 4 is 11.9 Å². The number of carboxylic acid groups (broad SMARTS) is 1. The van der Waals surface area contributed by atoms with Gasteiger partial charge in [0, 0.05) is 0 Å². The average molecular weight is 300 g/mol. The van der Waals surface area contributed by atoms with E-state index in [4.69, 9.17) is 16.6 Å². The SMILES string of the molecule is NC(=O)Cc1ccccc1.NC(Cc1ccccc1)C(=O)O. The van der Waals surface area contributed by atoms with Crippen molar-refractivity contribution in [2.45, 2.75) is 18.9 Å². The zero-order valence-electron chi connectivity index (χ0n) is 12.2. The molecule has 0 spiro atoms. The van der Waals surface area contributed by atoms with Crippen LogP contribution >= 0.6 is 0 Å². The third kappa shape index (κ3) is 7.21. The van der Waals surface area contributed by atoms with Crippen LogP contribution in [0, 0.1) is 0 Å². The van der Waals surface area contributed by atoms with Gasteiger partial charge >= 0.3 is 5.97 Å². The van der Waals surface area contributed by atoms with Gasteiger partial charge in [0.2, 0.25) is 5.91 Å². The van der Waals surface area contributed by atoms with Crippen molar-refractivity contribution in [3.05, 3.63) is 71.8 Å². The van der Waals surface area contributed by atoms with E-state index in [1.165, 1.54) is 0 Å². The molecule has 0 heterocycles. The third-order valence-electron chi connectivity index (χ3n) is 2.84. The van der Waals surface area contributed by atoms with Gasteiger partial charge < -0.3 is 16.6 Å². The lowest BCUT2D eigenvalue weighted by Crippen LogP contribution is -2.32. The van der Waals surface area contributed by atoms with Gasteiger partial charge in [0.05, 0.1) is 6.42 Å². The van der Waals surface area contributed by atoms with Crippen LogP contribution in [0.3, 0.4) is 0 Å². The zero-order valence-corrected chi connectivity index (χ0v) is 12.2. The van der Waals surface area contributed by atoms with Crippen LogP contribution in [0.2, 0.25) is 0 Å². The van der Waals surface area contributed by atoms with Gasteiger partial charge in [0.25, 0.3) is 0 Å². The molecule has 2 rings (SSSR count). The molecule has 0 saturated carbocycles. The highest BCUT2D eigenvalue weighted by atomic mass is 16.4. The van der Waals surface area contributed by atoms with Gasteiger partial charge in [-0.15, -0.1) is 0 Å². The first kappa shape index (κ1) is 17.4. The molecule has 0 aliphatic carbocycles. The van der Waals surface area contributed by atoms with Crippen LogP contribution in [0.25, 0.3) is 0 Å². The van der Waals surface area contributed by atoms with Gasteiger partial charge in [-0.05, 0) is 17.5 Å². The molecule has 0 aromatic heterocycles. The molecule has 0 aliphatic rings. The zero-order chi connectivity index (χ0) is 16.4. The summed E-state index contributed by atoms with van der Waals surface area (Å²) in [6, 6.07) is 18.0. The first-order valence-electron chi connectivity index (χ1n) is 6.83. The summed E-state index contributed by atoms with van der Waals surface area (Å²) in [6.07, 6.45) is 0.719. The lowest BCUT2D eigenvalue weighted by atomic mass is 10.1. The second-order valence-electron chi connectivity index (χ2n) is 4.76. The Balaban J connectivity index is 0.000000224. The predicted octanol–water partition coefficient (Wildman–Crippen LogP) is 1.36. The van der Waals surface area contributed by atoms with E-state index >= 15 is 0 Å². The van der Waals surface area contributed by atoms with E-state index in [2.05, 4.69) is 0 Å². The van der Waals surface area contributed by atoms with Crippen LogP contribution in [0.15, 0.2) is 60.7 Å². The van der Waals surface area contributed by atoms with E-state index in [9.17, 15) is 9.59 Å². The van der Waals surface area contributed by atoms with Crippen molar-refractivity contribution in [1.29, 1.82) is 0 Å². The molecule has 0 aliphatic heterocycles. The summed E-state index contributed by atoms with van der Waals surface area (Å²) in [5.41, 5.74) is 12.3. The maximum absolute atomic E-state index is 10.4. The quantitative estimate of drug-likeness (QED) is 0.775. The summed E-state index contributed by atoms with van der Waals surface area (Å²) in [7, 11) is 0. The molecule has 0 bridgehead atoms. The summed E-state index contributed by atoms with van der Waals surface area (Å²) in [4.78, 5) is 20.8. The van der Waals surface area contributed by atoms with Crippen molar-refractivity contribution < 1.29 is 14.7 Å². The van der Waals surface area contributed by atoms with Crippen molar-refractivity contribution in [3.63, 3.8) is 0 Å². The molecule has 1 unspecified atom stereocenters. The van der Waals surface area contributed by atoms with Crippen molar-refractivity contribution in [2.75, 3.05) is 0 Å². The van der Waals surface area contributed by atoms with Crippen molar-refractivity contribution in [2.24, 2.45) is 11.5 Å². The van der Waals surface area contributed by atoms with E-state index < -0.39 is 12.0 Å².